The van der Waals surface area contributed by atoms with Gasteiger partial charge in [0.1, 0.15) is 11.0 Å². The zero-order valence-corrected chi connectivity index (χ0v) is 11.3. The topological polar surface area (TPSA) is 106 Å². The first-order valence-corrected chi connectivity index (χ1v) is 6.92. The number of nitrogens with one attached hydrogen (secondary N) is 1. The summed E-state index contributed by atoms with van der Waals surface area (Å²) in [4.78, 5) is 35.8. The number of nitro groups is 1. The Balaban J connectivity index is 1.72. The molecule has 8 nitrogen and oxygen atoms in total. The van der Waals surface area contributed by atoms with Gasteiger partial charge in [-0.25, -0.2) is 0 Å². The molecular formula is C13H15N3O5. The van der Waals surface area contributed by atoms with E-state index >= 15 is 0 Å². The summed E-state index contributed by atoms with van der Waals surface area (Å²) in [6.07, 6.45) is 3.30. The Morgan fingerprint density at radius 3 is 2.71 bits per heavy atom. The Kier molecular flexibility index (Phi) is 3.36. The molecule has 2 heterocycles. The Hall–Kier alpha value is -2.38. The van der Waals surface area contributed by atoms with Crippen LogP contribution in [0, 0.1) is 10.1 Å². The van der Waals surface area contributed by atoms with E-state index in [1.54, 1.807) is 0 Å². The first-order valence-electron chi connectivity index (χ1n) is 6.92. The largest absolute Gasteiger partial charge is 0.433 e. The Morgan fingerprint density at radius 1 is 1.33 bits per heavy atom. The van der Waals surface area contributed by atoms with Crippen molar-refractivity contribution in [3.8, 4) is 0 Å². The standard InChI is InChI=1S/C13H15N3O5/c17-12(14-8-3-4-8)9-2-1-7-15(9)13(18)10-5-6-11(21-10)16(19)20/h5-6,8-9H,1-4,7H2,(H,14,17)/t9-/m1/s1. The van der Waals surface area contributed by atoms with Crippen LogP contribution in [0.3, 0.4) is 0 Å². The summed E-state index contributed by atoms with van der Waals surface area (Å²) in [6, 6.07) is 2.14. The Bertz CT molecular complexity index is 592. The van der Waals surface area contributed by atoms with Crippen LogP contribution in [0.4, 0.5) is 5.88 Å². The number of carbonyl (C=O) groups excluding carboxylic acids is 2. The molecule has 2 fully saturated rings. The van der Waals surface area contributed by atoms with Gasteiger partial charge in [-0.05, 0) is 31.7 Å². The summed E-state index contributed by atoms with van der Waals surface area (Å²) in [5.74, 6) is -1.20. The van der Waals surface area contributed by atoms with Crippen LogP contribution in [0.25, 0.3) is 0 Å². The van der Waals surface area contributed by atoms with Crippen molar-refractivity contribution in [2.24, 2.45) is 0 Å². The highest BCUT2D eigenvalue weighted by Gasteiger charge is 2.38. The van der Waals surface area contributed by atoms with Crippen molar-refractivity contribution in [2.75, 3.05) is 6.54 Å². The smallest absolute Gasteiger partial charge is 0.395 e. The van der Waals surface area contributed by atoms with Crippen LogP contribution >= 0.6 is 0 Å². The lowest BCUT2D eigenvalue weighted by Gasteiger charge is -2.22. The first-order chi connectivity index (χ1) is 10.1. The number of rotatable bonds is 4. The highest BCUT2D eigenvalue weighted by Crippen LogP contribution is 2.25. The molecule has 2 amide bonds. The minimum atomic E-state index is -0.696. The molecular weight excluding hydrogens is 278 g/mol. The molecule has 1 aliphatic heterocycles. The third-order valence-corrected chi connectivity index (χ3v) is 3.72. The molecule has 0 bridgehead atoms. The van der Waals surface area contributed by atoms with Crippen LogP contribution in [0.15, 0.2) is 16.5 Å². The predicted octanol–water partition coefficient (Wildman–Crippen LogP) is 1.07. The van der Waals surface area contributed by atoms with Crippen LogP contribution in [-0.4, -0.2) is 40.3 Å². The first kappa shape index (κ1) is 13.6. The highest BCUT2D eigenvalue weighted by atomic mass is 16.6. The molecule has 8 heteroatoms. The molecule has 1 saturated heterocycles. The van der Waals surface area contributed by atoms with E-state index < -0.39 is 22.8 Å². The fraction of sp³-hybridized carbons (Fsp3) is 0.538. The second-order valence-electron chi connectivity index (χ2n) is 5.33. The zero-order valence-electron chi connectivity index (χ0n) is 11.3. The van der Waals surface area contributed by atoms with E-state index in [-0.39, 0.29) is 17.7 Å². The summed E-state index contributed by atoms with van der Waals surface area (Å²) in [7, 11) is 0. The van der Waals surface area contributed by atoms with Gasteiger partial charge >= 0.3 is 5.88 Å². The van der Waals surface area contributed by atoms with Gasteiger partial charge in [0.15, 0.2) is 5.76 Å². The van der Waals surface area contributed by atoms with Gasteiger partial charge in [-0.1, -0.05) is 0 Å². The maximum absolute atomic E-state index is 12.3. The van der Waals surface area contributed by atoms with Crippen molar-refractivity contribution in [1.29, 1.82) is 0 Å². The number of hydrogen-bond acceptors (Lipinski definition) is 5. The summed E-state index contributed by atoms with van der Waals surface area (Å²) in [5, 5.41) is 13.5. The van der Waals surface area contributed by atoms with E-state index in [0.29, 0.717) is 13.0 Å². The molecule has 0 aromatic carbocycles. The molecule has 112 valence electrons. The van der Waals surface area contributed by atoms with E-state index in [1.807, 2.05) is 0 Å². The number of carbonyl (C=O) groups is 2. The van der Waals surface area contributed by atoms with E-state index in [1.165, 1.54) is 11.0 Å². The lowest BCUT2D eigenvalue weighted by molar-refractivity contribution is -0.402. The molecule has 1 atom stereocenters. The zero-order chi connectivity index (χ0) is 15.0. The molecule has 1 N–H and O–H groups in total. The lowest BCUT2D eigenvalue weighted by Crippen LogP contribution is -2.46. The number of furan rings is 1. The quantitative estimate of drug-likeness (QED) is 0.660. The average Bonchev–Trinajstić information content (AvgIpc) is 2.99. The summed E-state index contributed by atoms with van der Waals surface area (Å²) >= 11 is 0. The van der Waals surface area contributed by atoms with Crippen LogP contribution < -0.4 is 5.32 Å². The van der Waals surface area contributed by atoms with Crippen molar-refractivity contribution >= 4 is 17.7 Å². The molecule has 1 aromatic rings. The van der Waals surface area contributed by atoms with Gasteiger partial charge in [0.05, 0.1) is 6.07 Å². The van der Waals surface area contributed by atoms with E-state index in [9.17, 15) is 19.7 Å². The third kappa shape index (κ3) is 2.74. The number of amides is 2. The molecule has 0 spiro atoms. The summed E-state index contributed by atoms with van der Waals surface area (Å²) in [6.45, 7) is 0.454. The SMILES string of the molecule is O=C(NC1CC1)[C@H]1CCCN1C(=O)c1ccc([N+](=O)[O-])o1. The van der Waals surface area contributed by atoms with Crippen molar-refractivity contribution in [1.82, 2.24) is 10.2 Å². The number of hydrogen-bond donors (Lipinski definition) is 1. The van der Waals surface area contributed by atoms with Gasteiger partial charge in [0.25, 0.3) is 5.91 Å². The van der Waals surface area contributed by atoms with Crippen molar-refractivity contribution in [3.63, 3.8) is 0 Å². The number of likely N-dealkylation sites (tertiary alicyclic amines) is 1. The monoisotopic (exact) mass is 293 g/mol. The fourth-order valence-corrected chi connectivity index (χ4v) is 2.49. The van der Waals surface area contributed by atoms with Gasteiger partial charge in [-0.15, -0.1) is 0 Å². The number of nitrogens with zero attached hydrogens (tertiary/aromatic N) is 2. The van der Waals surface area contributed by atoms with E-state index in [4.69, 9.17) is 4.42 Å². The normalized spacial score (nSPS) is 21.3. The predicted molar refractivity (Wildman–Crippen MR) is 70.6 cm³/mol. The van der Waals surface area contributed by atoms with E-state index in [0.717, 1.165) is 25.3 Å². The molecule has 21 heavy (non-hydrogen) atoms. The van der Waals surface area contributed by atoms with Gasteiger partial charge in [-0.3, -0.25) is 19.7 Å². The van der Waals surface area contributed by atoms with Crippen LogP contribution in [-0.2, 0) is 4.79 Å². The molecule has 1 aromatic heterocycles. The molecule has 3 rings (SSSR count). The molecule has 0 radical (unpaired) electrons. The van der Waals surface area contributed by atoms with Crippen LogP contribution in [0.5, 0.6) is 0 Å². The van der Waals surface area contributed by atoms with E-state index in [2.05, 4.69) is 5.32 Å². The van der Waals surface area contributed by atoms with Gasteiger partial charge in [0, 0.05) is 12.6 Å². The highest BCUT2D eigenvalue weighted by molar-refractivity contribution is 5.96. The molecule has 1 aliphatic carbocycles. The van der Waals surface area contributed by atoms with Gasteiger partial charge in [0.2, 0.25) is 5.91 Å². The maximum Gasteiger partial charge on any atom is 0.433 e. The molecule has 1 saturated carbocycles. The molecule has 2 aliphatic rings. The summed E-state index contributed by atoms with van der Waals surface area (Å²) < 4.78 is 4.92. The second kappa shape index (κ2) is 5.19. The van der Waals surface area contributed by atoms with Crippen molar-refractivity contribution < 1.29 is 18.9 Å². The lowest BCUT2D eigenvalue weighted by atomic mass is 10.2. The Morgan fingerprint density at radius 2 is 2.10 bits per heavy atom. The average molecular weight is 293 g/mol. The Labute approximate surface area is 120 Å². The van der Waals surface area contributed by atoms with Crippen LogP contribution in [0.2, 0.25) is 0 Å². The van der Waals surface area contributed by atoms with Crippen molar-refractivity contribution in [3.05, 3.63) is 28.0 Å². The van der Waals surface area contributed by atoms with Crippen LogP contribution in [0.1, 0.15) is 36.2 Å². The third-order valence-electron chi connectivity index (χ3n) is 3.72. The molecule has 0 unspecified atom stereocenters. The van der Waals surface area contributed by atoms with Crippen molar-refractivity contribution in [2.45, 2.75) is 37.8 Å². The fourth-order valence-electron chi connectivity index (χ4n) is 2.49. The van der Waals surface area contributed by atoms with Gasteiger partial charge < -0.3 is 14.6 Å². The minimum Gasteiger partial charge on any atom is -0.395 e. The maximum atomic E-state index is 12.3. The minimum absolute atomic E-state index is 0.104. The second-order valence-corrected chi connectivity index (χ2v) is 5.33. The van der Waals surface area contributed by atoms with Gasteiger partial charge in [-0.2, -0.15) is 0 Å². The summed E-state index contributed by atoms with van der Waals surface area (Å²) in [5.41, 5.74) is 0.